The molecule has 0 unspecified atom stereocenters. The number of aryl methyl sites for hydroxylation is 2. The van der Waals surface area contributed by atoms with Crippen LogP contribution < -0.4 is 10.6 Å². The highest BCUT2D eigenvalue weighted by atomic mass is 16.1. The van der Waals surface area contributed by atoms with Gasteiger partial charge in [-0.1, -0.05) is 19.9 Å². The van der Waals surface area contributed by atoms with E-state index in [1.807, 2.05) is 26.0 Å². The van der Waals surface area contributed by atoms with Gasteiger partial charge in [0.05, 0.1) is 0 Å². The molecule has 0 saturated heterocycles. The molecule has 0 fully saturated rings. The Balaban J connectivity index is 2.01. The fourth-order valence-corrected chi connectivity index (χ4v) is 2.23. The minimum atomic E-state index is -0.0423. The van der Waals surface area contributed by atoms with Gasteiger partial charge in [0.15, 0.2) is 11.6 Å². The molecule has 2 N–H and O–H groups in total. The molecule has 0 spiro atoms. The second-order valence-corrected chi connectivity index (χ2v) is 5.95. The molecule has 5 heteroatoms. The van der Waals surface area contributed by atoms with Crippen LogP contribution in [0.4, 0.5) is 17.3 Å². The van der Waals surface area contributed by atoms with E-state index in [1.54, 1.807) is 12.1 Å². The Labute approximate surface area is 131 Å². The van der Waals surface area contributed by atoms with Crippen molar-refractivity contribution in [1.29, 1.82) is 0 Å². The van der Waals surface area contributed by atoms with Crippen LogP contribution in [0.2, 0.25) is 0 Å². The third kappa shape index (κ3) is 4.84. The van der Waals surface area contributed by atoms with Crippen LogP contribution in [0.3, 0.4) is 0 Å². The second-order valence-electron chi connectivity index (χ2n) is 5.95. The first-order chi connectivity index (χ1) is 10.4. The first kappa shape index (κ1) is 15.9. The molecule has 2 rings (SSSR count). The van der Waals surface area contributed by atoms with Crippen LogP contribution in [0, 0.1) is 19.8 Å². The summed E-state index contributed by atoms with van der Waals surface area (Å²) in [5.41, 5.74) is 3.35. The number of nitrogens with one attached hydrogen (secondary N) is 2. The van der Waals surface area contributed by atoms with Crippen LogP contribution in [-0.4, -0.2) is 16.1 Å². The molecule has 5 nitrogen and oxygen atoms in total. The molecule has 1 aromatic carbocycles. The van der Waals surface area contributed by atoms with Gasteiger partial charge in [0.1, 0.15) is 0 Å². The van der Waals surface area contributed by atoms with Crippen molar-refractivity contribution in [1.82, 2.24) is 10.2 Å². The average Bonchev–Trinajstić information content (AvgIpc) is 2.39. The lowest BCUT2D eigenvalue weighted by atomic mass is 10.1. The summed E-state index contributed by atoms with van der Waals surface area (Å²) in [7, 11) is 0. The summed E-state index contributed by atoms with van der Waals surface area (Å²) >= 11 is 0. The first-order valence-electron chi connectivity index (χ1n) is 7.41. The molecule has 0 atom stereocenters. The molecule has 0 radical (unpaired) electrons. The number of hydrogen-bond acceptors (Lipinski definition) is 4. The zero-order valence-corrected chi connectivity index (χ0v) is 13.5. The Kier molecular flexibility index (Phi) is 5.09. The van der Waals surface area contributed by atoms with Crippen LogP contribution in [0.15, 0.2) is 30.3 Å². The molecule has 0 aliphatic carbocycles. The number of benzene rings is 1. The second kappa shape index (κ2) is 7.02. The Morgan fingerprint density at radius 1 is 1.05 bits per heavy atom. The minimum Gasteiger partial charge on any atom is -0.339 e. The van der Waals surface area contributed by atoms with E-state index in [0.717, 1.165) is 5.69 Å². The number of hydrogen-bond donors (Lipinski definition) is 2. The van der Waals surface area contributed by atoms with E-state index in [2.05, 4.69) is 40.7 Å². The zero-order valence-electron chi connectivity index (χ0n) is 13.5. The van der Waals surface area contributed by atoms with E-state index in [9.17, 15) is 4.79 Å². The number of rotatable bonds is 5. The summed E-state index contributed by atoms with van der Waals surface area (Å²) in [6, 6.07) is 9.76. The topological polar surface area (TPSA) is 66.9 Å². The molecule has 1 aromatic heterocycles. The fourth-order valence-electron chi connectivity index (χ4n) is 2.23. The smallest absolute Gasteiger partial charge is 0.225 e. The highest BCUT2D eigenvalue weighted by molar-refractivity contribution is 5.89. The third-order valence-electron chi connectivity index (χ3n) is 3.02. The lowest BCUT2D eigenvalue weighted by Crippen LogP contribution is -2.15. The van der Waals surface area contributed by atoms with Crippen molar-refractivity contribution >= 4 is 23.2 Å². The van der Waals surface area contributed by atoms with Crippen LogP contribution in [-0.2, 0) is 4.79 Å². The van der Waals surface area contributed by atoms with Gasteiger partial charge in [0.2, 0.25) is 5.91 Å². The Hall–Kier alpha value is -2.43. The van der Waals surface area contributed by atoms with E-state index in [1.165, 1.54) is 11.1 Å². The predicted molar refractivity (Wildman–Crippen MR) is 89.3 cm³/mol. The van der Waals surface area contributed by atoms with E-state index >= 15 is 0 Å². The summed E-state index contributed by atoms with van der Waals surface area (Å²) in [6.45, 7) is 8.11. The van der Waals surface area contributed by atoms with E-state index in [4.69, 9.17) is 0 Å². The SMILES string of the molecule is Cc1cc(C)cc(Nc2ccc(NC(=O)CC(C)C)nn2)c1. The average molecular weight is 298 g/mol. The summed E-state index contributed by atoms with van der Waals surface area (Å²) in [6.07, 6.45) is 0.476. The summed E-state index contributed by atoms with van der Waals surface area (Å²) < 4.78 is 0. The molecule has 1 heterocycles. The fraction of sp³-hybridized carbons (Fsp3) is 0.353. The van der Waals surface area contributed by atoms with Crippen LogP contribution in [0.1, 0.15) is 31.4 Å². The Bertz CT molecular complexity index is 630. The van der Waals surface area contributed by atoms with Crippen LogP contribution in [0.5, 0.6) is 0 Å². The van der Waals surface area contributed by atoms with Gasteiger partial charge < -0.3 is 10.6 Å². The summed E-state index contributed by atoms with van der Waals surface area (Å²) in [4.78, 5) is 11.7. The lowest BCUT2D eigenvalue weighted by Gasteiger charge is -2.09. The molecule has 0 aliphatic heterocycles. The van der Waals surface area contributed by atoms with E-state index in [-0.39, 0.29) is 5.91 Å². The van der Waals surface area contributed by atoms with Crippen molar-refractivity contribution in [3.63, 3.8) is 0 Å². The Morgan fingerprint density at radius 2 is 1.64 bits per heavy atom. The van der Waals surface area contributed by atoms with Crippen molar-refractivity contribution in [3.05, 3.63) is 41.5 Å². The molecule has 22 heavy (non-hydrogen) atoms. The third-order valence-corrected chi connectivity index (χ3v) is 3.02. The zero-order chi connectivity index (χ0) is 16.1. The van der Waals surface area contributed by atoms with Gasteiger partial charge in [0, 0.05) is 12.1 Å². The Morgan fingerprint density at radius 3 is 2.18 bits per heavy atom. The van der Waals surface area contributed by atoms with Gasteiger partial charge in [-0.2, -0.15) is 0 Å². The van der Waals surface area contributed by atoms with Crippen molar-refractivity contribution in [3.8, 4) is 0 Å². The first-order valence-corrected chi connectivity index (χ1v) is 7.41. The van der Waals surface area contributed by atoms with Crippen molar-refractivity contribution in [2.45, 2.75) is 34.1 Å². The summed E-state index contributed by atoms with van der Waals surface area (Å²) in [5.74, 6) is 1.39. The molecule has 0 aliphatic rings. The largest absolute Gasteiger partial charge is 0.339 e. The number of aromatic nitrogens is 2. The number of carbonyl (C=O) groups excluding carboxylic acids is 1. The van der Waals surface area contributed by atoms with Gasteiger partial charge in [-0.25, -0.2) is 0 Å². The van der Waals surface area contributed by atoms with Gasteiger partial charge in [-0.05, 0) is 55.2 Å². The number of amides is 1. The van der Waals surface area contributed by atoms with Crippen LogP contribution in [0.25, 0.3) is 0 Å². The van der Waals surface area contributed by atoms with Crippen molar-refractivity contribution < 1.29 is 4.79 Å². The van der Waals surface area contributed by atoms with Crippen LogP contribution >= 0.6 is 0 Å². The van der Waals surface area contributed by atoms with Crippen molar-refractivity contribution in [2.24, 2.45) is 5.92 Å². The number of carbonyl (C=O) groups is 1. The normalized spacial score (nSPS) is 10.6. The van der Waals surface area contributed by atoms with Gasteiger partial charge >= 0.3 is 0 Å². The minimum absolute atomic E-state index is 0.0423. The number of nitrogens with zero attached hydrogens (tertiary/aromatic N) is 2. The summed E-state index contributed by atoms with van der Waals surface area (Å²) in [5, 5.41) is 14.1. The molecular weight excluding hydrogens is 276 g/mol. The van der Waals surface area contributed by atoms with Gasteiger partial charge in [-0.3, -0.25) is 4.79 Å². The van der Waals surface area contributed by atoms with E-state index in [0.29, 0.717) is 24.0 Å². The maximum atomic E-state index is 11.7. The van der Waals surface area contributed by atoms with Gasteiger partial charge in [0.25, 0.3) is 0 Å². The molecule has 2 aromatic rings. The maximum Gasteiger partial charge on any atom is 0.225 e. The standard InChI is InChI=1S/C17H22N4O/c1-11(2)7-17(22)19-16-6-5-15(20-21-16)18-14-9-12(3)8-13(4)10-14/h5-6,8-11H,7H2,1-4H3,(H,18,20)(H,19,21,22). The quantitative estimate of drug-likeness (QED) is 0.880. The van der Waals surface area contributed by atoms with E-state index < -0.39 is 0 Å². The molecule has 0 saturated carbocycles. The molecular formula is C17H22N4O. The molecule has 1 amide bonds. The maximum absolute atomic E-state index is 11.7. The predicted octanol–water partition coefficient (Wildman–Crippen LogP) is 3.82. The highest BCUT2D eigenvalue weighted by Gasteiger charge is 2.06. The molecule has 116 valence electrons. The number of anilines is 3. The monoisotopic (exact) mass is 298 g/mol. The van der Waals surface area contributed by atoms with Crippen molar-refractivity contribution in [2.75, 3.05) is 10.6 Å². The highest BCUT2D eigenvalue weighted by Crippen LogP contribution is 2.18. The lowest BCUT2D eigenvalue weighted by molar-refractivity contribution is -0.116. The van der Waals surface area contributed by atoms with Gasteiger partial charge in [-0.15, -0.1) is 10.2 Å². The molecule has 0 bridgehead atoms.